The van der Waals surface area contributed by atoms with Crippen LogP contribution < -0.4 is 9.84 Å². The van der Waals surface area contributed by atoms with Crippen LogP contribution in [-0.4, -0.2) is 44.3 Å². The minimum atomic E-state index is -1.40. The predicted molar refractivity (Wildman–Crippen MR) is 165 cm³/mol. The number of benzene rings is 3. The Bertz CT molecular complexity index is 1300. The van der Waals surface area contributed by atoms with Crippen molar-refractivity contribution >= 4 is 50.8 Å². The summed E-state index contributed by atoms with van der Waals surface area (Å²) in [5.41, 5.74) is 2.02. The highest BCUT2D eigenvalue weighted by Gasteiger charge is 2.34. The molecule has 0 N–H and O–H groups in total. The number of hydrogen-bond donors (Lipinski definition) is 0. The minimum absolute atomic E-state index is 0. The molecule has 0 saturated carbocycles. The van der Waals surface area contributed by atoms with Gasteiger partial charge in [0.05, 0.1) is 40.3 Å². The van der Waals surface area contributed by atoms with E-state index in [4.69, 9.17) is 9.72 Å². The molecular formula is C31H36BrIN2O2. The van der Waals surface area contributed by atoms with Gasteiger partial charge < -0.3 is 14.3 Å². The van der Waals surface area contributed by atoms with Gasteiger partial charge in [0, 0.05) is 21.3 Å². The molecule has 3 aromatic carbocycles. The van der Waals surface area contributed by atoms with Gasteiger partial charge in [-0.25, -0.2) is 4.98 Å². The van der Waals surface area contributed by atoms with Crippen LogP contribution in [0.25, 0.3) is 10.9 Å². The van der Waals surface area contributed by atoms with Crippen LogP contribution in [0.3, 0.4) is 0 Å². The molecule has 0 aliphatic rings. The summed E-state index contributed by atoms with van der Waals surface area (Å²) in [5, 5.41) is 16.3. The van der Waals surface area contributed by atoms with Gasteiger partial charge >= 0.3 is 0 Å². The van der Waals surface area contributed by atoms with Crippen molar-refractivity contribution in [3.63, 3.8) is 0 Å². The zero-order chi connectivity index (χ0) is 25.8. The maximum atomic E-state index is 15.3. The van der Waals surface area contributed by atoms with Crippen molar-refractivity contribution in [1.29, 1.82) is 0 Å². The Labute approximate surface area is 246 Å². The van der Waals surface area contributed by atoms with Crippen molar-refractivity contribution in [3.8, 4) is 5.88 Å². The molecule has 196 valence electrons. The topological polar surface area (TPSA) is 45.2 Å². The molecule has 1 heterocycles. The summed E-state index contributed by atoms with van der Waals surface area (Å²) in [6.45, 7) is 1.02. The lowest BCUT2D eigenvalue weighted by atomic mass is 9.71. The number of unbranched alkanes of at least 4 members (excludes halogenated alkanes) is 1. The first kappa shape index (κ1) is 29.6. The first-order valence-electron chi connectivity index (χ1n) is 12.5. The second kappa shape index (κ2) is 12.7. The molecule has 2 atom stereocenters. The summed E-state index contributed by atoms with van der Waals surface area (Å²) >= 11 is 3.59. The summed E-state index contributed by atoms with van der Waals surface area (Å²) in [4.78, 5) is 4.83. The number of pyridine rings is 1. The quantitative estimate of drug-likeness (QED) is 0.105. The lowest BCUT2D eigenvalue weighted by Gasteiger charge is -2.49. The third kappa shape index (κ3) is 7.11. The van der Waals surface area contributed by atoms with Crippen molar-refractivity contribution in [1.82, 2.24) is 4.98 Å². The van der Waals surface area contributed by atoms with Crippen LogP contribution in [0, 0.1) is 0 Å². The Kier molecular flexibility index (Phi) is 10.1. The van der Waals surface area contributed by atoms with E-state index in [2.05, 4.69) is 55.3 Å². The smallest absolute Gasteiger partial charge is 0.217 e. The molecule has 2 unspecified atom stereocenters. The first-order valence-corrected chi connectivity index (χ1v) is 13.3. The lowest BCUT2D eigenvalue weighted by molar-refractivity contribution is -0.870. The predicted octanol–water partition coefficient (Wildman–Crippen LogP) is 6.89. The summed E-state index contributed by atoms with van der Waals surface area (Å²) < 4.78 is 7.68. The first-order chi connectivity index (χ1) is 17.2. The van der Waals surface area contributed by atoms with Gasteiger partial charge in [0.15, 0.2) is 0 Å². The number of quaternary nitrogens is 1. The molecule has 4 aromatic rings. The van der Waals surface area contributed by atoms with Gasteiger partial charge in [-0.05, 0) is 42.7 Å². The number of fused-ring (bicyclic) bond motifs is 1. The van der Waals surface area contributed by atoms with Crippen LogP contribution in [0.2, 0.25) is 0 Å². The highest BCUT2D eigenvalue weighted by atomic mass is 127. The average Bonchev–Trinajstić information content (AvgIpc) is 2.87. The van der Waals surface area contributed by atoms with Gasteiger partial charge in [0.1, 0.15) is 0 Å². The fraction of sp³-hybridized carbons (Fsp3) is 0.323. The highest BCUT2D eigenvalue weighted by molar-refractivity contribution is 14.0. The summed E-state index contributed by atoms with van der Waals surface area (Å²) in [5.74, 6) is 0.0252. The second-order valence-corrected chi connectivity index (χ2v) is 11.4. The van der Waals surface area contributed by atoms with Crippen LogP contribution >= 0.6 is 39.9 Å². The van der Waals surface area contributed by atoms with E-state index >= 15 is 5.11 Å². The Balaban J connectivity index is 0.00000380. The largest absolute Gasteiger partial charge is 0.845 e. The van der Waals surface area contributed by atoms with Crippen molar-refractivity contribution in [2.75, 3.05) is 34.8 Å². The molecule has 6 heteroatoms. The van der Waals surface area contributed by atoms with Gasteiger partial charge in [-0.1, -0.05) is 94.2 Å². The molecule has 0 aliphatic heterocycles. The highest BCUT2D eigenvalue weighted by Crippen LogP contribution is 2.46. The van der Waals surface area contributed by atoms with E-state index in [1.54, 1.807) is 7.11 Å². The minimum Gasteiger partial charge on any atom is -0.845 e. The molecule has 0 amide bonds. The van der Waals surface area contributed by atoms with Crippen molar-refractivity contribution in [2.24, 2.45) is 0 Å². The van der Waals surface area contributed by atoms with E-state index in [9.17, 15) is 0 Å². The van der Waals surface area contributed by atoms with Crippen LogP contribution in [-0.2, 0) is 5.60 Å². The van der Waals surface area contributed by atoms with E-state index < -0.39 is 11.5 Å². The molecular weight excluding hydrogens is 639 g/mol. The normalized spacial score (nSPS) is 14.0. The fourth-order valence-electron chi connectivity index (χ4n) is 5.01. The zero-order valence-electron chi connectivity index (χ0n) is 22.0. The van der Waals surface area contributed by atoms with Crippen molar-refractivity contribution in [2.45, 2.75) is 30.8 Å². The molecule has 1 aromatic heterocycles. The number of rotatable bonds is 10. The van der Waals surface area contributed by atoms with E-state index in [1.807, 2.05) is 66.7 Å². The third-order valence-corrected chi connectivity index (χ3v) is 7.26. The van der Waals surface area contributed by atoms with E-state index in [1.165, 1.54) is 0 Å². The Morgan fingerprint density at radius 2 is 1.57 bits per heavy atom. The van der Waals surface area contributed by atoms with Crippen LogP contribution in [0.4, 0.5) is 0 Å². The van der Waals surface area contributed by atoms with Crippen molar-refractivity contribution in [3.05, 3.63) is 106 Å². The molecule has 0 fully saturated rings. The molecule has 4 rings (SSSR count). The molecule has 4 nitrogen and oxygen atoms in total. The van der Waals surface area contributed by atoms with Crippen LogP contribution in [0.15, 0.2) is 89.4 Å². The Hall–Kier alpha value is -2.00. The van der Waals surface area contributed by atoms with Crippen molar-refractivity contribution < 1.29 is 14.3 Å². The molecule has 0 radical (unpaired) electrons. The van der Waals surface area contributed by atoms with Crippen LogP contribution in [0.5, 0.6) is 5.88 Å². The summed E-state index contributed by atoms with van der Waals surface area (Å²) in [6, 6.07) is 28.0. The second-order valence-electron chi connectivity index (χ2n) is 10.5. The van der Waals surface area contributed by atoms with Crippen LogP contribution in [0.1, 0.15) is 41.9 Å². The maximum Gasteiger partial charge on any atom is 0.217 e. The summed E-state index contributed by atoms with van der Waals surface area (Å²) in [6.07, 6.45) is 2.34. The third-order valence-electron chi connectivity index (χ3n) is 6.76. The Morgan fingerprint density at radius 3 is 2.19 bits per heavy atom. The van der Waals surface area contributed by atoms with Gasteiger partial charge in [0.2, 0.25) is 5.88 Å². The Morgan fingerprint density at radius 1 is 0.919 bits per heavy atom. The number of hydrogen-bond acceptors (Lipinski definition) is 3. The SMILES string of the molecule is COc1nc2ccc(Br)cc2cc1C(c1ccccc1)C([O-])(CCCC[N+](C)(C)C)c1ccccc1.I. The van der Waals surface area contributed by atoms with E-state index in [0.29, 0.717) is 12.3 Å². The van der Waals surface area contributed by atoms with E-state index in [-0.39, 0.29) is 24.0 Å². The van der Waals surface area contributed by atoms with Gasteiger partial charge in [-0.2, -0.15) is 0 Å². The number of ether oxygens (including phenoxy) is 1. The monoisotopic (exact) mass is 674 g/mol. The average molecular weight is 675 g/mol. The molecule has 37 heavy (non-hydrogen) atoms. The maximum absolute atomic E-state index is 15.3. The number of aromatic nitrogens is 1. The lowest BCUT2D eigenvalue weighted by Crippen LogP contribution is -2.47. The number of nitrogens with zero attached hydrogens (tertiary/aromatic N) is 2. The van der Waals surface area contributed by atoms with Gasteiger partial charge in [0.25, 0.3) is 0 Å². The standard InChI is InChI=1S/C31H35BrN2O2.HI/c1-34(2,3)20-12-11-19-31(35,25-15-9-6-10-16-25)29(23-13-7-5-8-14-23)27-22-24-21-26(32)17-18-28(24)33-30(27)36-4;/h5-10,13-18,21-22,29H,11-12,19-20H2,1-4H3;1H. The molecule has 0 bridgehead atoms. The molecule has 0 spiro atoms. The van der Waals surface area contributed by atoms with Gasteiger partial charge in [-0.3, -0.25) is 0 Å². The fourth-order valence-corrected chi connectivity index (χ4v) is 5.39. The van der Waals surface area contributed by atoms with E-state index in [0.717, 1.165) is 55.9 Å². The van der Waals surface area contributed by atoms with Gasteiger partial charge in [-0.15, -0.1) is 24.0 Å². The molecule has 0 saturated heterocycles. The number of methoxy groups -OCH3 is 1. The number of halogens is 2. The molecule has 0 aliphatic carbocycles. The zero-order valence-corrected chi connectivity index (χ0v) is 25.9. The summed E-state index contributed by atoms with van der Waals surface area (Å²) in [7, 11) is 8.21.